The summed E-state index contributed by atoms with van der Waals surface area (Å²) in [6.07, 6.45) is 0. The minimum atomic E-state index is -0.182. The number of aromatic nitrogens is 3. The fourth-order valence-corrected chi connectivity index (χ4v) is 1.94. The van der Waals surface area contributed by atoms with Crippen LogP contribution in [-0.4, -0.2) is 26.3 Å². The fraction of sp³-hybridized carbons (Fsp3) is 0.625. The number of hydrazine groups is 1. The molecule has 4 N–H and O–H groups in total. The van der Waals surface area contributed by atoms with Gasteiger partial charge in [0.15, 0.2) is 0 Å². The van der Waals surface area contributed by atoms with Crippen LogP contribution in [0.1, 0.15) is 19.7 Å². The Balaban J connectivity index is 2.55. The second-order valence-electron chi connectivity index (χ2n) is 3.32. The Morgan fingerprint density at radius 3 is 2.73 bits per heavy atom. The predicted molar refractivity (Wildman–Crippen MR) is 57.9 cm³/mol. The molecule has 0 radical (unpaired) electrons. The number of aromatic amines is 1. The van der Waals surface area contributed by atoms with Crippen LogP contribution in [0.5, 0.6) is 0 Å². The van der Waals surface area contributed by atoms with Crippen LogP contribution in [0, 0.1) is 12.8 Å². The molecule has 6 nitrogen and oxygen atoms in total. The first-order chi connectivity index (χ1) is 7.04. The van der Waals surface area contributed by atoms with E-state index >= 15 is 0 Å². The molecule has 0 aliphatic heterocycles. The highest BCUT2D eigenvalue weighted by Gasteiger charge is 2.21. The van der Waals surface area contributed by atoms with Gasteiger partial charge in [-0.2, -0.15) is 0 Å². The predicted octanol–water partition coefficient (Wildman–Crippen LogP) is 0.220. The summed E-state index contributed by atoms with van der Waals surface area (Å²) < 4.78 is 0. The third kappa shape index (κ3) is 3.21. The highest BCUT2D eigenvalue weighted by molar-refractivity contribution is 7.99. The van der Waals surface area contributed by atoms with Crippen LogP contribution in [0.4, 0.5) is 0 Å². The van der Waals surface area contributed by atoms with Crippen molar-refractivity contribution in [3.05, 3.63) is 5.82 Å². The summed E-state index contributed by atoms with van der Waals surface area (Å²) >= 11 is 1.45. The molecule has 2 unspecified atom stereocenters. The molecule has 1 aromatic heterocycles. The first-order valence-corrected chi connectivity index (χ1v) is 5.48. The van der Waals surface area contributed by atoms with E-state index in [9.17, 15) is 4.79 Å². The lowest BCUT2D eigenvalue weighted by Gasteiger charge is -2.15. The van der Waals surface area contributed by atoms with Gasteiger partial charge in [0.05, 0.1) is 0 Å². The van der Waals surface area contributed by atoms with E-state index in [-0.39, 0.29) is 17.1 Å². The van der Waals surface area contributed by atoms with Gasteiger partial charge in [-0.05, 0) is 6.92 Å². The Labute approximate surface area is 92.4 Å². The summed E-state index contributed by atoms with van der Waals surface area (Å²) in [5.41, 5.74) is 2.14. The van der Waals surface area contributed by atoms with E-state index in [2.05, 4.69) is 20.6 Å². The number of aryl methyl sites for hydroxylation is 1. The number of amides is 1. The molecule has 1 aromatic rings. The van der Waals surface area contributed by atoms with Crippen LogP contribution >= 0.6 is 11.8 Å². The van der Waals surface area contributed by atoms with Crippen molar-refractivity contribution in [3.63, 3.8) is 0 Å². The van der Waals surface area contributed by atoms with Gasteiger partial charge in [0.2, 0.25) is 11.1 Å². The number of carbonyl (C=O) groups excluding carboxylic acids is 1. The van der Waals surface area contributed by atoms with Gasteiger partial charge in [0, 0.05) is 11.2 Å². The zero-order chi connectivity index (χ0) is 11.4. The molecule has 1 heterocycles. The highest BCUT2D eigenvalue weighted by atomic mass is 32.2. The number of carbonyl (C=O) groups is 1. The van der Waals surface area contributed by atoms with Crippen LogP contribution in [0.15, 0.2) is 5.16 Å². The van der Waals surface area contributed by atoms with E-state index in [4.69, 9.17) is 5.84 Å². The molecular formula is C8H15N5OS. The van der Waals surface area contributed by atoms with E-state index in [0.717, 1.165) is 5.82 Å². The molecule has 0 saturated heterocycles. The zero-order valence-corrected chi connectivity index (χ0v) is 9.76. The summed E-state index contributed by atoms with van der Waals surface area (Å²) in [6, 6.07) is 0. The summed E-state index contributed by atoms with van der Waals surface area (Å²) in [7, 11) is 0. The van der Waals surface area contributed by atoms with Crippen molar-refractivity contribution in [1.82, 2.24) is 20.6 Å². The van der Waals surface area contributed by atoms with Crippen LogP contribution < -0.4 is 11.3 Å². The van der Waals surface area contributed by atoms with Crippen molar-refractivity contribution in [2.45, 2.75) is 31.2 Å². The number of hydrogen-bond acceptors (Lipinski definition) is 5. The maximum atomic E-state index is 11.3. The largest absolute Gasteiger partial charge is 0.294 e. The minimum absolute atomic E-state index is 0.0729. The molecule has 0 aromatic carbocycles. The molecule has 0 fully saturated rings. The molecule has 84 valence electrons. The Kier molecular flexibility index (Phi) is 4.10. The normalized spacial score (nSPS) is 14.7. The lowest BCUT2D eigenvalue weighted by molar-refractivity contribution is -0.124. The quantitative estimate of drug-likeness (QED) is 0.297. The molecule has 2 atom stereocenters. The Morgan fingerprint density at radius 2 is 2.27 bits per heavy atom. The van der Waals surface area contributed by atoms with E-state index < -0.39 is 0 Å². The number of hydrogen-bond donors (Lipinski definition) is 3. The van der Waals surface area contributed by atoms with Gasteiger partial charge >= 0.3 is 0 Å². The van der Waals surface area contributed by atoms with Gasteiger partial charge in [-0.15, -0.1) is 5.10 Å². The van der Waals surface area contributed by atoms with Crippen molar-refractivity contribution < 1.29 is 4.79 Å². The third-order valence-corrected chi connectivity index (χ3v) is 3.30. The Morgan fingerprint density at radius 1 is 1.60 bits per heavy atom. The maximum Gasteiger partial charge on any atom is 0.237 e. The van der Waals surface area contributed by atoms with Crippen molar-refractivity contribution in [2.75, 3.05) is 0 Å². The summed E-state index contributed by atoms with van der Waals surface area (Å²) in [4.78, 5) is 15.4. The zero-order valence-electron chi connectivity index (χ0n) is 8.94. The highest BCUT2D eigenvalue weighted by Crippen LogP contribution is 2.24. The summed E-state index contributed by atoms with van der Waals surface area (Å²) in [5, 5.41) is 7.46. The lowest BCUT2D eigenvalue weighted by atomic mass is 10.1. The van der Waals surface area contributed by atoms with Crippen LogP contribution in [0.2, 0.25) is 0 Å². The van der Waals surface area contributed by atoms with Crippen molar-refractivity contribution in [2.24, 2.45) is 11.8 Å². The smallest absolute Gasteiger partial charge is 0.237 e. The SMILES string of the molecule is Cc1nc(SC(C)C(C)C(=O)NN)n[nH]1. The van der Waals surface area contributed by atoms with E-state index in [1.54, 1.807) is 0 Å². The fourth-order valence-electron chi connectivity index (χ4n) is 0.988. The monoisotopic (exact) mass is 229 g/mol. The van der Waals surface area contributed by atoms with Gasteiger partial charge in [-0.25, -0.2) is 10.8 Å². The molecule has 15 heavy (non-hydrogen) atoms. The van der Waals surface area contributed by atoms with Gasteiger partial charge in [0.25, 0.3) is 0 Å². The number of H-pyrrole nitrogens is 1. The molecule has 0 aliphatic carbocycles. The second-order valence-corrected chi connectivity index (χ2v) is 4.67. The molecule has 1 amide bonds. The molecule has 0 aliphatic rings. The lowest BCUT2D eigenvalue weighted by Crippen LogP contribution is -2.38. The third-order valence-electron chi connectivity index (χ3n) is 2.13. The van der Waals surface area contributed by atoms with Gasteiger partial charge in [-0.3, -0.25) is 15.3 Å². The molecule has 0 spiro atoms. The molecule has 1 rings (SSSR count). The number of nitrogens with zero attached hydrogens (tertiary/aromatic N) is 2. The molecule has 7 heteroatoms. The first kappa shape index (κ1) is 12.0. The number of rotatable bonds is 4. The van der Waals surface area contributed by atoms with Gasteiger partial charge in [-0.1, -0.05) is 25.6 Å². The number of nitrogens with two attached hydrogens (primary N) is 1. The average Bonchev–Trinajstić information content (AvgIpc) is 2.61. The van der Waals surface area contributed by atoms with Crippen molar-refractivity contribution >= 4 is 17.7 Å². The van der Waals surface area contributed by atoms with Crippen LogP contribution in [-0.2, 0) is 4.79 Å². The van der Waals surface area contributed by atoms with Gasteiger partial charge in [0.1, 0.15) is 5.82 Å². The van der Waals surface area contributed by atoms with E-state index in [1.807, 2.05) is 20.8 Å². The Hall–Kier alpha value is -1.08. The average molecular weight is 229 g/mol. The van der Waals surface area contributed by atoms with E-state index in [1.165, 1.54) is 11.8 Å². The topological polar surface area (TPSA) is 96.7 Å². The summed E-state index contributed by atoms with van der Waals surface area (Å²) in [5.74, 6) is 5.47. The number of nitrogens with one attached hydrogen (secondary N) is 2. The summed E-state index contributed by atoms with van der Waals surface area (Å²) in [6.45, 7) is 5.59. The first-order valence-electron chi connectivity index (χ1n) is 4.60. The second kappa shape index (κ2) is 5.13. The van der Waals surface area contributed by atoms with Crippen LogP contribution in [0.25, 0.3) is 0 Å². The van der Waals surface area contributed by atoms with Crippen molar-refractivity contribution in [3.8, 4) is 0 Å². The van der Waals surface area contributed by atoms with Crippen LogP contribution in [0.3, 0.4) is 0 Å². The molecular weight excluding hydrogens is 214 g/mol. The molecule has 0 bridgehead atoms. The Bertz CT molecular complexity index is 340. The standard InChI is InChI=1S/C8H15N5OS/c1-4(7(14)11-9)5(2)15-8-10-6(3)12-13-8/h4-5H,9H2,1-3H3,(H,11,14)(H,10,12,13). The molecule has 0 saturated carbocycles. The maximum absolute atomic E-state index is 11.3. The van der Waals surface area contributed by atoms with Crippen molar-refractivity contribution in [1.29, 1.82) is 0 Å². The van der Waals surface area contributed by atoms with E-state index in [0.29, 0.717) is 5.16 Å². The number of thioether (sulfide) groups is 1. The minimum Gasteiger partial charge on any atom is -0.294 e. The van der Waals surface area contributed by atoms with Gasteiger partial charge < -0.3 is 0 Å².